The molecule has 3 rings (SSSR count). The number of thiophene rings is 1. The summed E-state index contributed by atoms with van der Waals surface area (Å²) in [6, 6.07) is 7.29. The number of amides is 1. The number of anilines is 1. The lowest BCUT2D eigenvalue weighted by Gasteiger charge is -2.01. The van der Waals surface area contributed by atoms with Gasteiger partial charge in [-0.1, -0.05) is 29.3 Å². The lowest BCUT2D eigenvalue weighted by Crippen LogP contribution is -2.07. The fourth-order valence-electron chi connectivity index (χ4n) is 2.57. The molecule has 1 aliphatic carbocycles. The van der Waals surface area contributed by atoms with Crippen molar-refractivity contribution in [3.63, 3.8) is 0 Å². The van der Waals surface area contributed by atoms with Gasteiger partial charge < -0.3 is 5.32 Å². The molecule has 1 heterocycles. The van der Waals surface area contributed by atoms with Crippen molar-refractivity contribution in [2.24, 2.45) is 0 Å². The summed E-state index contributed by atoms with van der Waals surface area (Å²) in [5.74, 6) is -0.285. The Kier molecular flexibility index (Phi) is 4.72. The fraction of sp³-hybridized carbons (Fsp3) is 0.176. The molecule has 2 aromatic rings. The number of nitrogens with one attached hydrogen (secondary N) is 1. The maximum Gasteiger partial charge on any atom is 0.249 e. The van der Waals surface area contributed by atoms with Crippen LogP contribution in [0, 0.1) is 11.3 Å². The number of aryl methyl sites for hydroxylation is 1. The number of nitrogens with zero attached hydrogens (tertiary/aromatic N) is 1. The monoisotopic (exact) mass is 362 g/mol. The largest absolute Gasteiger partial charge is 0.313 e. The molecule has 1 amide bonds. The number of nitriles is 1. The van der Waals surface area contributed by atoms with E-state index in [4.69, 9.17) is 23.2 Å². The van der Waals surface area contributed by atoms with Crippen molar-refractivity contribution >= 4 is 51.5 Å². The average molecular weight is 363 g/mol. The fourth-order valence-corrected chi connectivity index (χ4v) is 4.28. The highest BCUT2D eigenvalue weighted by Gasteiger charge is 2.22. The Hall–Kier alpha value is -1.80. The topological polar surface area (TPSA) is 52.9 Å². The molecule has 116 valence electrons. The summed E-state index contributed by atoms with van der Waals surface area (Å²) in [6.07, 6.45) is 6.02. The lowest BCUT2D eigenvalue weighted by molar-refractivity contribution is -0.111. The van der Waals surface area contributed by atoms with Crippen LogP contribution in [-0.2, 0) is 17.6 Å². The van der Waals surface area contributed by atoms with Gasteiger partial charge in [-0.3, -0.25) is 4.79 Å². The molecule has 0 aliphatic heterocycles. The van der Waals surface area contributed by atoms with Crippen LogP contribution in [0.5, 0.6) is 0 Å². The Morgan fingerprint density at radius 1 is 1.35 bits per heavy atom. The molecule has 0 saturated heterocycles. The van der Waals surface area contributed by atoms with Crippen molar-refractivity contribution in [2.45, 2.75) is 19.3 Å². The predicted molar refractivity (Wildman–Crippen MR) is 95.2 cm³/mol. The number of halogens is 2. The molecule has 23 heavy (non-hydrogen) atoms. The minimum atomic E-state index is -0.285. The molecule has 0 fully saturated rings. The maximum absolute atomic E-state index is 12.1. The molecule has 0 unspecified atom stereocenters. The van der Waals surface area contributed by atoms with E-state index in [9.17, 15) is 10.1 Å². The zero-order valence-corrected chi connectivity index (χ0v) is 14.4. The summed E-state index contributed by atoms with van der Waals surface area (Å²) in [6.45, 7) is 0. The van der Waals surface area contributed by atoms with Gasteiger partial charge in [-0.15, -0.1) is 11.3 Å². The van der Waals surface area contributed by atoms with Crippen molar-refractivity contribution in [1.29, 1.82) is 5.26 Å². The van der Waals surface area contributed by atoms with E-state index >= 15 is 0 Å². The summed E-state index contributed by atoms with van der Waals surface area (Å²) < 4.78 is 0. The van der Waals surface area contributed by atoms with E-state index in [1.807, 2.05) is 0 Å². The van der Waals surface area contributed by atoms with Crippen molar-refractivity contribution in [1.82, 2.24) is 0 Å². The summed E-state index contributed by atoms with van der Waals surface area (Å²) in [7, 11) is 0. The summed E-state index contributed by atoms with van der Waals surface area (Å²) in [5, 5.41) is 13.8. The van der Waals surface area contributed by atoms with Crippen LogP contribution in [0.3, 0.4) is 0 Å². The van der Waals surface area contributed by atoms with E-state index in [2.05, 4.69) is 11.4 Å². The number of carbonyl (C=O) groups is 1. The summed E-state index contributed by atoms with van der Waals surface area (Å²) in [4.78, 5) is 13.3. The first-order valence-corrected chi connectivity index (χ1v) is 8.64. The van der Waals surface area contributed by atoms with Crippen LogP contribution in [0.2, 0.25) is 10.0 Å². The Morgan fingerprint density at radius 3 is 2.91 bits per heavy atom. The third-order valence-corrected chi connectivity index (χ3v) is 5.42. The van der Waals surface area contributed by atoms with Gasteiger partial charge in [0.05, 0.1) is 5.56 Å². The van der Waals surface area contributed by atoms with Crippen molar-refractivity contribution < 1.29 is 4.79 Å². The second kappa shape index (κ2) is 6.76. The highest BCUT2D eigenvalue weighted by molar-refractivity contribution is 7.16. The molecule has 0 saturated carbocycles. The molecule has 0 atom stereocenters. The summed E-state index contributed by atoms with van der Waals surface area (Å²) in [5.41, 5.74) is 2.41. The molecule has 3 nitrogen and oxygen atoms in total. The Labute approximate surface area is 148 Å². The van der Waals surface area contributed by atoms with Crippen LogP contribution in [0.1, 0.15) is 28.0 Å². The SMILES string of the molecule is N#Cc1c(NC(=O)C=Cc2ccc(Cl)cc2Cl)sc2c1CCC2. The van der Waals surface area contributed by atoms with Crippen LogP contribution in [0.15, 0.2) is 24.3 Å². The zero-order chi connectivity index (χ0) is 16.4. The molecule has 1 aromatic heterocycles. The van der Waals surface area contributed by atoms with Crippen LogP contribution in [0.4, 0.5) is 5.00 Å². The number of hydrogen-bond acceptors (Lipinski definition) is 3. The molecule has 1 N–H and O–H groups in total. The normalized spacial score (nSPS) is 13.1. The van der Waals surface area contributed by atoms with Gasteiger partial charge in [-0.05, 0) is 48.6 Å². The molecule has 0 radical (unpaired) electrons. The first kappa shape index (κ1) is 16.1. The lowest BCUT2D eigenvalue weighted by atomic mass is 10.1. The standard InChI is InChI=1S/C17H12Cl2N2OS/c18-11-6-4-10(14(19)8-11)5-7-16(22)21-17-13(9-20)12-2-1-3-15(12)23-17/h4-8H,1-3H2,(H,21,22). The van der Waals surface area contributed by atoms with Gasteiger partial charge in [-0.25, -0.2) is 0 Å². The highest BCUT2D eigenvalue weighted by Crippen LogP contribution is 2.38. The molecular formula is C17H12Cl2N2OS. The average Bonchev–Trinajstić information content (AvgIpc) is 3.06. The predicted octanol–water partition coefficient (Wildman–Crippen LogP) is 5.07. The highest BCUT2D eigenvalue weighted by atomic mass is 35.5. The van der Waals surface area contributed by atoms with E-state index in [1.165, 1.54) is 22.3 Å². The second-order valence-electron chi connectivity index (χ2n) is 5.16. The van der Waals surface area contributed by atoms with E-state index in [0.29, 0.717) is 26.2 Å². The van der Waals surface area contributed by atoms with Crippen LogP contribution < -0.4 is 5.32 Å². The smallest absolute Gasteiger partial charge is 0.249 e. The van der Waals surface area contributed by atoms with Crippen molar-refractivity contribution in [3.05, 3.63) is 55.9 Å². The van der Waals surface area contributed by atoms with Gasteiger partial charge in [0, 0.05) is 21.0 Å². The van der Waals surface area contributed by atoms with Gasteiger partial charge in [0.15, 0.2) is 0 Å². The first-order chi connectivity index (χ1) is 11.1. The van der Waals surface area contributed by atoms with Gasteiger partial charge in [0.25, 0.3) is 0 Å². The summed E-state index contributed by atoms with van der Waals surface area (Å²) >= 11 is 13.4. The third kappa shape index (κ3) is 3.42. The van der Waals surface area contributed by atoms with Gasteiger partial charge in [0.1, 0.15) is 11.1 Å². The van der Waals surface area contributed by atoms with Crippen LogP contribution in [0.25, 0.3) is 6.08 Å². The van der Waals surface area contributed by atoms with Crippen molar-refractivity contribution in [3.8, 4) is 6.07 Å². The second-order valence-corrected chi connectivity index (χ2v) is 7.11. The van der Waals surface area contributed by atoms with Crippen LogP contribution >= 0.6 is 34.5 Å². The van der Waals surface area contributed by atoms with E-state index in [-0.39, 0.29) is 5.91 Å². The van der Waals surface area contributed by atoms with Crippen molar-refractivity contribution in [2.75, 3.05) is 5.32 Å². The van der Waals surface area contributed by atoms with Gasteiger partial charge in [0.2, 0.25) is 5.91 Å². The first-order valence-electron chi connectivity index (χ1n) is 7.07. The molecule has 0 spiro atoms. The quantitative estimate of drug-likeness (QED) is 0.775. The molecule has 0 bridgehead atoms. The van der Waals surface area contributed by atoms with E-state index < -0.39 is 0 Å². The van der Waals surface area contributed by atoms with Gasteiger partial charge in [-0.2, -0.15) is 5.26 Å². The molecule has 1 aromatic carbocycles. The number of carbonyl (C=O) groups excluding carboxylic acids is 1. The molecule has 1 aliphatic rings. The van der Waals surface area contributed by atoms with Crippen LogP contribution in [-0.4, -0.2) is 5.91 Å². The molecule has 6 heteroatoms. The molecular weight excluding hydrogens is 351 g/mol. The number of benzene rings is 1. The van der Waals surface area contributed by atoms with E-state index in [0.717, 1.165) is 24.8 Å². The van der Waals surface area contributed by atoms with E-state index in [1.54, 1.807) is 24.3 Å². The Balaban J connectivity index is 1.75. The minimum Gasteiger partial charge on any atom is -0.313 e. The maximum atomic E-state index is 12.1. The number of rotatable bonds is 3. The number of fused-ring (bicyclic) bond motifs is 1. The number of hydrogen-bond donors (Lipinski definition) is 1. The van der Waals surface area contributed by atoms with Gasteiger partial charge >= 0.3 is 0 Å². The Morgan fingerprint density at radius 2 is 2.17 bits per heavy atom. The third-order valence-electron chi connectivity index (χ3n) is 3.65. The minimum absolute atomic E-state index is 0.285. The Bertz CT molecular complexity index is 849. The zero-order valence-electron chi connectivity index (χ0n) is 12.0.